The minimum Gasteiger partial charge on any atom is -0.394 e. The molecule has 2 N–H and O–H groups in total. The number of nitrogens with one attached hydrogen (secondary N) is 1. The molecule has 1 fully saturated rings. The highest BCUT2D eigenvalue weighted by Gasteiger charge is 2.31. The number of ether oxygens (including phenoxy) is 1. The maximum absolute atomic E-state index is 9.67. The van der Waals surface area contributed by atoms with Crippen molar-refractivity contribution in [2.45, 2.75) is 24.9 Å². The van der Waals surface area contributed by atoms with Crippen LogP contribution < -0.4 is 5.32 Å². The smallest absolute Gasteiger partial charge is 0.155 e. The number of hydrogen-bond donors (Lipinski definition) is 2. The van der Waals surface area contributed by atoms with Gasteiger partial charge in [0.1, 0.15) is 4.60 Å². The van der Waals surface area contributed by atoms with Crippen LogP contribution in [0.5, 0.6) is 0 Å². The number of fused-ring (bicyclic) bond motifs is 1. The number of imidazole rings is 1. The van der Waals surface area contributed by atoms with Crippen LogP contribution in [0.2, 0.25) is 0 Å². The highest BCUT2D eigenvalue weighted by molar-refractivity contribution is 9.10. The summed E-state index contributed by atoms with van der Waals surface area (Å²) in [5.74, 6) is 0. The molecule has 1 saturated heterocycles. The Morgan fingerprint density at radius 1 is 1.35 bits per heavy atom. The summed E-state index contributed by atoms with van der Waals surface area (Å²) >= 11 is 3.37. The fourth-order valence-corrected chi connectivity index (χ4v) is 2.78. The van der Waals surface area contributed by atoms with Gasteiger partial charge in [0.25, 0.3) is 0 Å². The van der Waals surface area contributed by atoms with Crippen molar-refractivity contribution in [2.75, 3.05) is 19.8 Å². The van der Waals surface area contributed by atoms with Crippen molar-refractivity contribution < 1.29 is 9.84 Å². The zero-order chi connectivity index (χ0) is 14.0. The van der Waals surface area contributed by atoms with E-state index in [1.54, 1.807) is 6.20 Å². The second-order valence-corrected chi connectivity index (χ2v) is 5.90. The molecule has 0 radical (unpaired) electrons. The Hall–Kier alpha value is -1.02. The van der Waals surface area contributed by atoms with Gasteiger partial charge in [0.05, 0.1) is 24.7 Å². The van der Waals surface area contributed by atoms with Crippen LogP contribution in [0.15, 0.2) is 23.2 Å². The summed E-state index contributed by atoms with van der Waals surface area (Å²) in [5, 5.41) is 13.1. The van der Waals surface area contributed by atoms with Gasteiger partial charge in [-0.2, -0.15) is 0 Å². The fraction of sp³-hybridized carbons (Fsp3) is 0.538. The number of aliphatic hydroxyl groups excluding tert-OH is 1. The molecule has 3 heterocycles. The van der Waals surface area contributed by atoms with Crippen LogP contribution in [0, 0.1) is 0 Å². The van der Waals surface area contributed by atoms with E-state index in [2.05, 4.69) is 31.2 Å². The van der Waals surface area contributed by atoms with Gasteiger partial charge in [-0.1, -0.05) is 0 Å². The summed E-state index contributed by atoms with van der Waals surface area (Å²) in [7, 11) is 0. The van der Waals surface area contributed by atoms with E-state index in [0.717, 1.165) is 28.8 Å². The third-order valence-electron chi connectivity index (χ3n) is 3.84. The summed E-state index contributed by atoms with van der Waals surface area (Å²) < 4.78 is 8.13. The van der Waals surface area contributed by atoms with Crippen LogP contribution >= 0.6 is 15.9 Å². The molecule has 3 rings (SSSR count). The van der Waals surface area contributed by atoms with Gasteiger partial charge >= 0.3 is 0 Å². The molecule has 0 spiro atoms. The van der Waals surface area contributed by atoms with Gasteiger partial charge in [-0.05, 0) is 28.8 Å². The van der Waals surface area contributed by atoms with E-state index in [1.807, 2.05) is 16.8 Å². The summed E-state index contributed by atoms with van der Waals surface area (Å²) in [5.41, 5.74) is 1.62. The molecular weight excluding hydrogens is 324 g/mol. The van der Waals surface area contributed by atoms with Crippen molar-refractivity contribution in [1.29, 1.82) is 0 Å². The fourth-order valence-electron chi connectivity index (χ4n) is 2.48. The van der Waals surface area contributed by atoms with Gasteiger partial charge in [-0.3, -0.25) is 4.40 Å². The number of aromatic nitrogens is 3. The molecule has 0 bridgehead atoms. The first kappa shape index (κ1) is 13.9. The lowest BCUT2D eigenvalue weighted by Crippen LogP contribution is -2.52. The highest BCUT2D eigenvalue weighted by Crippen LogP contribution is 2.21. The number of aliphatic hydroxyl groups is 1. The molecular formula is C13H17BrN4O2. The maximum atomic E-state index is 9.67. The Bertz CT molecular complexity index is 595. The van der Waals surface area contributed by atoms with Crippen LogP contribution in [0.25, 0.3) is 5.65 Å². The molecule has 6 nitrogen and oxygen atoms in total. The first-order valence-electron chi connectivity index (χ1n) is 6.64. The first-order valence-corrected chi connectivity index (χ1v) is 7.43. The van der Waals surface area contributed by atoms with Crippen molar-refractivity contribution in [2.24, 2.45) is 0 Å². The van der Waals surface area contributed by atoms with Crippen molar-refractivity contribution in [1.82, 2.24) is 19.7 Å². The number of nitrogens with zero attached hydrogens (tertiary/aromatic N) is 3. The van der Waals surface area contributed by atoms with Crippen molar-refractivity contribution in [3.05, 3.63) is 28.9 Å². The largest absolute Gasteiger partial charge is 0.394 e. The van der Waals surface area contributed by atoms with E-state index in [4.69, 9.17) is 4.74 Å². The van der Waals surface area contributed by atoms with Crippen molar-refractivity contribution >= 4 is 21.6 Å². The minimum atomic E-state index is -0.243. The number of hydrogen-bond acceptors (Lipinski definition) is 5. The Morgan fingerprint density at radius 2 is 2.15 bits per heavy atom. The molecule has 1 aliphatic rings. The summed E-state index contributed by atoms with van der Waals surface area (Å²) in [6.45, 7) is 2.16. The molecule has 0 saturated carbocycles. The van der Waals surface area contributed by atoms with Crippen LogP contribution in [0.3, 0.4) is 0 Å². The molecule has 108 valence electrons. The third-order valence-corrected chi connectivity index (χ3v) is 4.25. The van der Waals surface area contributed by atoms with Gasteiger partial charge < -0.3 is 15.2 Å². The normalized spacial score (nSPS) is 18.5. The molecule has 1 aliphatic heterocycles. The Labute approximate surface area is 125 Å². The second kappa shape index (κ2) is 5.77. The van der Waals surface area contributed by atoms with Crippen molar-refractivity contribution in [3.8, 4) is 0 Å². The van der Waals surface area contributed by atoms with Crippen LogP contribution in [0.4, 0.5) is 0 Å². The van der Waals surface area contributed by atoms with Gasteiger partial charge in [0, 0.05) is 31.5 Å². The van der Waals surface area contributed by atoms with E-state index in [-0.39, 0.29) is 12.1 Å². The molecule has 2 aromatic heterocycles. The zero-order valence-electron chi connectivity index (χ0n) is 11.0. The lowest BCUT2D eigenvalue weighted by Gasteiger charge is -2.36. The predicted octanol–water partition coefficient (Wildman–Crippen LogP) is 1.12. The lowest BCUT2D eigenvalue weighted by atomic mass is 9.91. The second-order valence-electron chi connectivity index (χ2n) is 5.09. The summed E-state index contributed by atoms with van der Waals surface area (Å²) in [6.07, 6.45) is 7.11. The number of rotatable bonds is 4. The summed E-state index contributed by atoms with van der Waals surface area (Å²) in [4.78, 5) is 8.48. The molecule has 0 amide bonds. The van der Waals surface area contributed by atoms with Gasteiger partial charge in [0.2, 0.25) is 0 Å². The van der Waals surface area contributed by atoms with E-state index in [9.17, 15) is 5.11 Å². The topological polar surface area (TPSA) is 71.7 Å². The highest BCUT2D eigenvalue weighted by atomic mass is 79.9. The Balaban J connectivity index is 1.77. The quantitative estimate of drug-likeness (QED) is 0.872. The van der Waals surface area contributed by atoms with E-state index in [0.29, 0.717) is 19.8 Å². The van der Waals surface area contributed by atoms with Gasteiger partial charge in [0.15, 0.2) is 5.65 Å². The monoisotopic (exact) mass is 340 g/mol. The van der Waals surface area contributed by atoms with E-state index >= 15 is 0 Å². The average Bonchev–Trinajstić information content (AvgIpc) is 2.88. The molecule has 0 atom stereocenters. The van der Waals surface area contributed by atoms with Gasteiger partial charge in [-0.25, -0.2) is 9.97 Å². The maximum Gasteiger partial charge on any atom is 0.155 e. The first-order chi connectivity index (χ1) is 9.72. The molecule has 0 unspecified atom stereocenters. The van der Waals surface area contributed by atoms with Crippen LogP contribution in [-0.4, -0.2) is 44.8 Å². The number of halogens is 1. The zero-order valence-corrected chi connectivity index (χ0v) is 12.6. The minimum absolute atomic E-state index is 0.123. The molecule has 20 heavy (non-hydrogen) atoms. The van der Waals surface area contributed by atoms with Gasteiger partial charge in [-0.15, -0.1) is 0 Å². The SMILES string of the molecule is OCC1(NCc2cnc3cnc(Br)cn23)CCOCC1. The Morgan fingerprint density at radius 3 is 2.90 bits per heavy atom. The average molecular weight is 341 g/mol. The van der Waals surface area contributed by atoms with Crippen LogP contribution in [0.1, 0.15) is 18.5 Å². The molecule has 7 heteroatoms. The molecule has 2 aromatic rings. The summed E-state index contributed by atoms with van der Waals surface area (Å²) in [6, 6.07) is 0. The molecule has 0 aliphatic carbocycles. The van der Waals surface area contributed by atoms with Crippen molar-refractivity contribution in [3.63, 3.8) is 0 Å². The third kappa shape index (κ3) is 2.71. The lowest BCUT2D eigenvalue weighted by molar-refractivity contribution is 0.0110. The standard InChI is InChI=1S/C13H17BrN4O2/c14-11-8-18-10(5-16-12(18)7-15-11)6-17-13(9-19)1-3-20-4-2-13/h5,7-8,17,19H,1-4,6,9H2. The predicted molar refractivity (Wildman–Crippen MR) is 77.4 cm³/mol. The van der Waals surface area contributed by atoms with E-state index in [1.165, 1.54) is 0 Å². The molecule has 0 aromatic carbocycles. The van der Waals surface area contributed by atoms with Crippen LogP contribution in [-0.2, 0) is 11.3 Å². The Kier molecular flexibility index (Phi) is 4.02. The van der Waals surface area contributed by atoms with E-state index < -0.39 is 0 Å².